The van der Waals surface area contributed by atoms with Crippen molar-refractivity contribution in [3.8, 4) is 11.4 Å². The topological polar surface area (TPSA) is 103 Å². The van der Waals surface area contributed by atoms with Gasteiger partial charge in [-0.05, 0) is 67.1 Å². The number of rotatable bonds is 6. The lowest BCUT2D eigenvalue weighted by Gasteiger charge is -2.27. The average Bonchev–Trinajstić information content (AvgIpc) is 3.20. The number of ether oxygens (including phenoxy) is 2. The van der Waals surface area contributed by atoms with Gasteiger partial charge in [-0.3, -0.25) is 4.79 Å². The molecule has 2 heterocycles. The van der Waals surface area contributed by atoms with E-state index in [1.165, 1.54) is 4.68 Å². The van der Waals surface area contributed by atoms with E-state index in [0.29, 0.717) is 41.3 Å². The fourth-order valence-corrected chi connectivity index (χ4v) is 3.57. The molecule has 4 rings (SSSR count). The van der Waals surface area contributed by atoms with Gasteiger partial charge in [0.1, 0.15) is 17.1 Å². The number of fused-ring (bicyclic) bond motifs is 1. The van der Waals surface area contributed by atoms with Crippen LogP contribution in [0.3, 0.4) is 0 Å². The lowest BCUT2D eigenvalue weighted by atomic mass is 10.0. The van der Waals surface area contributed by atoms with Crippen LogP contribution in [0.5, 0.6) is 5.75 Å². The Morgan fingerprint density at radius 3 is 2.39 bits per heavy atom. The van der Waals surface area contributed by atoms with Crippen molar-refractivity contribution in [2.45, 2.75) is 13.3 Å². The number of hydrogen-bond acceptors (Lipinski definition) is 7. The molecule has 1 amide bonds. The number of amides is 1. The molecular formula is C22H20N4O5. The van der Waals surface area contributed by atoms with Gasteiger partial charge in [0.15, 0.2) is 5.69 Å². The van der Waals surface area contributed by atoms with E-state index in [9.17, 15) is 14.5 Å². The summed E-state index contributed by atoms with van der Waals surface area (Å²) in [6, 6.07) is 13.5. The molecule has 1 aliphatic rings. The van der Waals surface area contributed by atoms with Gasteiger partial charge < -0.3 is 14.4 Å². The summed E-state index contributed by atoms with van der Waals surface area (Å²) in [4.78, 5) is 38.3. The predicted octanol–water partition coefficient (Wildman–Crippen LogP) is 3.66. The molecule has 158 valence electrons. The first-order chi connectivity index (χ1) is 15.1. The van der Waals surface area contributed by atoms with Gasteiger partial charge in [-0.25, -0.2) is 9.48 Å². The van der Waals surface area contributed by atoms with Crippen molar-refractivity contribution >= 4 is 23.3 Å². The van der Waals surface area contributed by atoms with Crippen LogP contribution in [0.15, 0.2) is 53.7 Å². The molecule has 0 radical (unpaired) electrons. The molecular weight excluding hydrogens is 400 g/mol. The number of carbonyl (C=O) groups excluding carboxylic acids is 2. The number of methoxy groups -OCH3 is 1. The van der Waals surface area contributed by atoms with Crippen LogP contribution < -0.4 is 9.64 Å². The van der Waals surface area contributed by atoms with E-state index in [1.807, 2.05) is 0 Å². The zero-order valence-corrected chi connectivity index (χ0v) is 17.1. The second-order valence-corrected chi connectivity index (χ2v) is 6.82. The van der Waals surface area contributed by atoms with Crippen molar-refractivity contribution in [3.63, 3.8) is 0 Å². The first kappa shape index (κ1) is 20.3. The van der Waals surface area contributed by atoms with Crippen molar-refractivity contribution in [2.75, 3.05) is 25.2 Å². The molecule has 0 fully saturated rings. The molecule has 0 bridgehead atoms. The molecule has 9 nitrogen and oxygen atoms in total. The molecule has 0 N–H and O–H groups in total. The number of nitroso groups, excluding NO2 is 1. The van der Waals surface area contributed by atoms with Gasteiger partial charge in [0.2, 0.25) is 0 Å². The summed E-state index contributed by atoms with van der Waals surface area (Å²) >= 11 is 0. The Balaban J connectivity index is 1.81. The number of anilines is 1. The van der Waals surface area contributed by atoms with Crippen molar-refractivity contribution in [1.29, 1.82) is 0 Å². The molecule has 31 heavy (non-hydrogen) atoms. The van der Waals surface area contributed by atoms with Crippen LogP contribution in [0.25, 0.3) is 5.69 Å². The van der Waals surface area contributed by atoms with Crippen LogP contribution in [-0.2, 0) is 11.2 Å². The van der Waals surface area contributed by atoms with Crippen molar-refractivity contribution in [1.82, 2.24) is 9.78 Å². The summed E-state index contributed by atoms with van der Waals surface area (Å²) in [6.07, 6.45) is 0.430. The lowest BCUT2D eigenvalue weighted by Crippen LogP contribution is -2.39. The van der Waals surface area contributed by atoms with Gasteiger partial charge in [0.25, 0.3) is 5.91 Å². The SMILES string of the molecule is CCOC(=O)c1nn(-c2ccc(OC)cc2)c2c1CCN(c1ccc(N=O)cc1)C2=O. The molecule has 0 unspecified atom stereocenters. The molecule has 1 aromatic heterocycles. The third-order valence-corrected chi connectivity index (χ3v) is 5.07. The van der Waals surface area contributed by atoms with E-state index in [1.54, 1.807) is 67.5 Å². The maximum absolute atomic E-state index is 13.5. The minimum atomic E-state index is -0.561. The summed E-state index contributed by atoms with van der Waals surface area (Å²) < 4.78 is 11.8. The Hall–Kier alpha value is -4.01. The second-order valence-electron chi connectivity index (χ2n) is 6.82. The summed E-state index contributed by atoms with van der Waals surface area (Å²) in [7, 11) is 1.57. The van der Waals surface area contributed by atoms with E-state index in [2.05, 4.69) is 10.3 Å². The highest BCUT2D eigenvalue weighted by molar-refractivity contribution is 6.09. The van der Waals surface area contributed by atoms with Crippen LogP contribution in [0.1, 0.15) is 33.5 Å². The van der Waals surface area contributed by atoms with E-state index >= 15 is 0 Å². The van der Waals surface area contributed by atoms with E-state index < -0.39 is 5.97 Å². The zero-order valence-electron chi connectivity index (χ0n) is 17.1. The van der Waals surface area contributed by atoms with Crippen molar-refractivity contribution < 1.29 is 19.1 Å². The van der Waals surface area contributed by atoms with Gasteiger partial charge in [-0.2, -0.15) is 5.10 Å². The lowest BCUT2D eigenvalue weighted by molar-refractivity contribution is 0.0517. The minimum Gasteiger partial charge on any atom is -0.497 e. The van der Waals surface area contributed by atoms with Gasteiger partial charge in [-0.15, -0.1) is 4.91 Å². The third-order valence-electron chi connectivity index (χ3n) is 5.07. The van der Waals surface area contributed by atoms with Gasteiger partial charge in [0.05, 0.1) is 19.4 Å². The Morgan fingerprint density at radius 1 is 1.10 bits per heavy atom. The number of aromatic nitrogens is 2. The molecule has 0 atom stereocenters. The molecule has 0 saturated carbocycles. The second kappa shape index (κ2) is 8.39. The number of benzene rings is 2. The first-order valence-electron chi connectivity index (χ1n) is 9.76. The monoisotopic (exact) mass is 420 g/mol. The van der Waals surface area contributed by atoms with Crippen LogP contribution in [0.4, 0.5) is 11.4 Å². The Labute approximate surface area is 178 Å². The smallest absolute Gasteiger partial charge is 0.359 e. The average molecular weight is 420 g/mol. The predicted molar refractivity (Wildman–Crippen MR) is 113 cm³/mol. The van der Waals surface area contributed by atoms with Crippen LogP contribution in [0.2, 0.25) is 0 Å². The maximum Gasteiger partial charge on any atom is 0.359 e. The number of nitrogens with zero attached hydrogens (tertiary/aromatic N) is 4. The molecule has 0 saturated heterocycles. The largest absolute Gasteiger partial charge is 0.497 e. The summed E-state index contributed by atoms with van der Waals surface area (Å²) in [5.41, 5.74) is 2.52. The molecule has 2 aromatic carbocycles. The Morgan fingerprint density at radius 2 is 1.77 bits per heavy atom. The highest BCUT2D eigenvalue weighted by Gasteiger charge is 2.35. The fourth-order valence-electron chi connectivity index (χ4n) is 3.57. The standard InChI is InChI=1S/C22H20N4O5/c1-3-31-22(28)19-18-12-13-25(15-6-4-14(24-29)5-7-15)21(27)20(18)26(23-19)16-8-10-17(30-2)11-9-16/h4-11H,3,12-13H2,1-2H3. The number of hydrogen-bond donors (Lipinski definition) is 0. The van der Waals surface area contributed by atoms with Gasteiger partial charge in [-0.1, -0.05) is 0 Å². The maximum atomic E-state index is 13.5. The summed E-state index contributed by atoms with van der Waals surface area (Å²) in [5, 5.41) is 7.33. The summed E-state index contributed by atoms with van der Waals surface area (Å²) in [6.45, 7) is 2.29. The van der Waals surface area contributed by atoms with E-state index in [-0.39, 0.29) is 23.9 Å². The van der Waals surface area contributed by atoms with E-state index in [4.69, 9.17) is 9.47 Å². The quantitative estimate of drug-likeness (QED) is 0.445. The molecule has 3 aromatic rings. The molecule has 0 spiro atoms. The Bertz CT molecular complexity index is 1140. The van der Waals surface area contributed by atoms with Crippen LogP contribution in [-0.4, -0.2) is 41.9 Å². The van der Waals surface area contributed by atoms with Crippen molar-refractivity contribution in [2.24, 2.45) is 5.18 Å². The summed E-state index contributed by atoms with van der Waals surface area (Å²) in [5.74, 6) is -0.201. The highest BCUT2D eigenvalue weighted by atomic mass is 16.5. The highest BCUT2D eigenvalue weighted by Crippen LogP contribution is 2.30. The minimum absolute atomic E-state index is 0.140. The van der Waals surface area contributed by atoms with Gasteiger partial charge in [0, 0.05) is 17.8 Å². The van der Waals surface area contributed by atoms with E-state index in [0.717, 1.165) is 0 Å². The third kappa shape index (κ3) is 3.65. The van der Waals surface area contributed by atoms with Crippen LogP contribution in [0, 0.1) is 4.91 Å². The number of esters is 1. The molecule has 1 aliphatic heterocycles. The first-order valence-corrected chi connectivity index (χ1v) is 9.76. The molecule has 0 aliphatic carbocycles. The zero-order chi connectivity index (χ0) is 22.0. The normalized spacial score (nSPS) is 13.0. The van der Waals surface area contributed by atoms with Gasteiger partial charge >= 0.3 is 5.97 Å². The number of carbonyl (C=O) groups is 2. The molecule has 9 heteroatoms. The fraction of sp³-hybridized carbons (Fsp3) is 0.227. The Kier molecular flexibility index (Phi) is 5.48. The van der Waals surface area contributed by atoms with Crippen molar-refractivity contribution in [3.05, 3.63) is 70.4 Å². The van der Waals surface area contributed by atoms with Crippen LogP contribution >= 0.6 is 0 Å².